The maximum atomic E-state index is 14.3. The van der Waals surface area contributed by atoms with Crippen molar-refractivity contribution in [2.45, 2.75) is 12.5 Å². The number of halogens is 4. The summed E-state index contributed by atoms with van der Waals surface area (Å²) in [6, 6.07) is 6.26. The van der Waals surface area contributed by atoms with Crippen LogP contribution >= 0.6 is 22.6 Å². The molecule has 8 heteroatoms. The van der Waals surface area contributed by atoms with Crippen molar-refractivity contribution in [1.82, 2.24) is 0 Å². The van der Waals surface area contributed by atoms with E-state index in [0.717, 1.165) is 12.1 Å². The van der Waals surface area contributed by atoms with Gasteiger partial charge in [0.15, 0.2) is 17.4 Å². The monoisotopic (exact) mass is 480 g/mol. The number of rotatable bonds is 8. The van der Waals surface area contributed by atoms with Gasteiger partial charge < -0.3 is 14.9 Å². The van der Waals surface area contributed by atoms with E-state index in [4.69, 9.17) is 9.84 Å². The van der Waals surface area contributed by atoms with E-state index in [1.54, 1.807) is 6.07 Å². The fraction of sp³-hybridized carbons (Fsp3) is 0.278. The first kappa shape index (κ1) is 20.8. The molecule has 0 saturated heterocycles. The van der Waals surface area contributed by atoms with Crippen LogP contribution in [-0.4, -0.2) is 41.9 Å². The molecule has 0 aromatic heterocycles. The summed E-state index contributed by atoms with van der Waals surface area (Å²) in [7, 11) is 0. The largest absolute Gasteiger partial charge is 0.394 e. The first-order valence-corrected chi connectivity index (χ1v) is 8.72. The van der Waals surface area contributed by atoms with Crippen LogP contribution in [0.15, 0.2) is 30.3 Å². The molecule has 0 aliphatic carbocycles. The normalized spacial score (nSPS) is 12.2. The summed E-state index contributed by atoms with van der Waals surface area (Å²) in [6.07, 6.45) is -1.44. The molecule has 0 amide bonds. The molecule has 140 valence electrons. The Morgan fingerprint density at radius 1 is 1.15 bits per heavy atom. The third kappa shape index (κ3) is 5.26. The Bertz CT molecular complexity index is 798. The van der Waals surface area contributed by atoms with Gasteiger partial charge in [-0.05, 0) is 52.4 Å². The summed E-state index contributed by atoms with van der Waals surface area (Å²) in [5.41, 5.74) is -0.262. The molecule has 4 nitrogen and oxygen atoms in total. The molecule has 2 aromatic carbocycles. The van der Waals surface area contributed by atoms with Gasteiger partial charge in [0.1, 0.15) is 18.5 Å². The molecule has 0 spiro atoms. The van der Waals surface area contributed by atoms with Crippen LogP contribution in [-0.2, 0) is 11.2 Å². The van der Waals surface area contributed by atoms with Gasteiger partial charge in [-0.15, -0.1) is 0 Å². The molecule has 0 radical (unpaired) electrons. The van der Waals surface area contributed by atoms with Gasteiger partial charge in [-0.1, -0.05) is 6.07 Å². The Hall–Kier alpha value is -1.49. The lowest BCUT2D eigenvalue weighted by atomic mass is 9.96. The Labute approximate surface area is 161 Å². The number of aliphatic hydroxyl groups is 2. The van der Waals surface area contributed by atoms with Crippen molar-refractivity contribution < 1.29 is 32.9 Å². The average Bonchev–Trinajstić information content (AvgIpc) is 2.60. The molecular formula is C18H16F3IO4. The number of benzene rings is 2. The summed E-state index contributed by atoms with van der Waals surface area (Å²) in [6.45, 7) is -1.31. The molecule has 0 heterocycles. The average molecular weight is 480 g/mol. The molecule has 1 atom stereocenters. The smallest absolute Gasteiger partial charge is 0.188 e. The van der Waals surface area contributed by atoms with E-state index in [1.807, 2.05) is 22.6 Å². The third-order valence-corrected chi connectivity index (χ3v) is 4.30. The molecule has 0 aliphatic heterocycles. The summed E-state index contributed by atoms with van der Waals surface area (Å²) < 4.78 is 47.5. The second-order valence-electron chi connectivity index (χ2n) is 5.57. The SMILES string of the molecule is O=C(COCC(O)CO)c1ccc(F)c(F)c1Cc1ccc(I)cc1F. The minimum atomic E-state index is -1.22. The van der Waals surface area contributed by atoms with E-state index in [-0.39, 0.29) is 29.7 Å². The van der Waals surface area contributed by atoms with Crippen LogP contribution in [0.5, 0.6) is 0 Å². The lowest BCUT2D eigenvalue weighted by Gasteiger charge is -2.13. The molecule has 0 aliphatic rings. The van der Waals surface area contributed by atoms with E-state index in [1.165, 1.54) is 12.1 Å². The van der Waals surface area contributed by atoms with Crippen LogP contribution < -0.4 is 0 Å². The number of hydrogen-bond acceptors (Lipinski definition) is 4. The second kappa shape index (κ2) is 9.45. The number of ketones is 1. The summed E-state index contributed by atoms with van der Waals surface area (Å²) >= 11 is 1.92. The Kier molecular flexibility index (Phi) is 7.56. The van der Waals surface area contributed by atoms with Gasteiger partial charge in [0.25, 0.3) is 0 Å². The summed E-state index contributed by atoms with van der Waals surface area (Å²) in [5, 5.41) is 17.9. The highest BCUT2D eigenvalue weighted by atomic mass is 127. The van der Waals surface area contributed by atoms with Crippen LogP contribution in [0.1, 0.15) is 21.5 Å². The van der Waals surface area contributed by atoms with Crippen molar-refractivity contribution in [2.24, 2.45) is 0 Å². The first-order chi connectivity index (χ1) is 12.3. The molecule has 0 bridgehead atoms. The highest BCUT2D eigenvalue weighted by Gasteiger charge is 2.20. The van der Waals surface area contributed by atoms with Gasteiger partial charge in [-0.3, -0.25) is 4.79 Å². The molecule has 2 aromatic rings. The summed E-state index contributed by atoms with van der Waals surface area (Å²) in [4.78, 5) is 12.3. The highest BCUT2D eigenvalue weighted by Crippen LogP contribution is 2.23. The second-order valence-corrected chi connectivity index (χ2v) is 6.82. The van der Waals surface area contributed by atoms with Crippen LogP contribution in [0.2, 0.25) is 0 Å². The maximum Gasteiger partial charge on any atom is 0.188 e. The van der Waals surface area contributed by atoms with Crippen molar-refractivity contribution in [2.75, 3.05) is 19.8 Å². The van der Waals surface area contributed by atoms with Crippen LogP contribution in [0.3, 0.4) is 0 Å². The van der Waals surface area contributed by atoms with Crippen molar-refractivity contribution in [1.29, 1.82) is 0 Å². The zero-order valence-corrected chi connectivity index (χ0v) is 15.7. The molecule has 2 N–H and O–H groups in total. The Balaban J connectivity index is 2.27. The predicted molar refractivity (Wildman–Crippen MR) is 96.5 cm³/mol. The third-order valence-electron chi connectivity index (χ3n) is 3.63. The van der Waals surface area contributed by atoms with Gasteiger partial charge >= 0.3 is 0 Å². The maximum absolute atomic E-state index is 14.3. The van der Waals surface area contributed by atoms with E-state index in [2.05, 4.69) is 0 Å². The number of aliphatic hydroxyl groups excluding tert-OH is 2. The number of Topliss-reactive ketones (excluding diaryl/α,β-unsaturated/α-hetero) is 1. The van der Waals surface area contributed by atoms with Gasteiger partial charge in [0, 0.05) is 21.1 Å². The molecule has 0 saturated carbocycles. The van der Waals surface area contributed by atoms with E-state index in [0.29, 0.717) is 3.57 Å². The lowest BCUT2D eigenvalue weighted by Crippen LogP contribution is -2.22. The fourth-order valence-electron chi connectivity index (χ4n) is 2.30. The van der Waals surface area contributed by atoms with Crippen LogP contribution in [0.25, 0.3) is 0 Å². The Morgan fingerprint density at radius 2 is 1.88 bits per heavy atom. The molecule has 0 fully saturated rings. The highest BCUT2D eigenvalue weighted by molar-refractivity contribution is 14.1. The minimum absolute atomic E-state index is 0.125. The minimum Gasteiger partial charge on any atom is -0.394 e. The van der Waals surface area contributed by atoms with Gasteiger partial charge in [0.2, 0.25) is 0 Å². The van der Waals surface area contributed by atoms with Crippen LogP contribution in [0, 0.1) is 21.0 Å². The van der Waals surface area contributed by atoms with E-state index < -0.39 is 42.6 Å². The van der Waals surface area contributed by atoms with Gasteiger partial charge in [0.05, 0.1) is 13.2 Å². The topological polar surface area (TPSA) is 66.8 Å². The molecule has 1 unspecified atom stereocenters. The number of carbonyl (C=O) groups excluding carboxylic acids is 1. The van der Waals surface area contributed by atoms with Gasteiger partial charge in [-0.2, -0.15) is 0 Å². The predicted octanol–water partition coefficient (Wildman–Crippen LogP) is 2.85. The first-order valence-electron chi connectivity index (χ1n) is 7.64. The quantitative estimate of drug-likeness (QED) is 0.451. The molecular weight excluding hydrogens is 464 g/mol. The van der Waals surface area contributed by atoms with Crippen molar-refractivity contribution >= 4 is 28.4 Å². The van der Waals surface area contributed by atoms with E-state index >= 15 is 0 Å². The fourth-order valence-corrected chi connectivity index (χ4v) is 2.75. The lowest BCUT2D eigenvalue weighted by molar-refractivity contribution is 0.00893. The zero-order chi connectivity index (χ0) is 19.3. The van der Waals surface area contributed by atoms with Crippen molar-refractivity contribution in [3.05, 3.63) is 68.0 Å². The summed E-state index contributed by atoms with van der Waals surface area (Å²) in [5.74, 6) is -3.58. The Morgan fingerprint density at radius 3 is 2.54 bits per heavy atom. The number of hydrogen-bond donors (Lipinski definition) is 2. The molecule has 26 heavy (non-hydrogen) atoms. The van der Waals surface area contributed by atoms with Crippen LogP contribution in [0.4, 0.5) is 13.2 Å². The van der Waals surface area contributed by atoms with Crippen molar-refractivity contribution in [3.63, 3.8) is 0 Å². The standard InChI is InChI=1S/C18H16F3IO4/c19-15-4-3-13(17(25)9-26-8-12(24)7-23)14(18(15)21)5-10-1-2-11(22)6-16(10)20/h1-4,6,12,23-24H,5,7-9H2. The molecule has 2 rings (SSSR count). The van der Waals surface area contributed by atoms with Gasteiger partial charge in [-0.25, -0.2) is 13.2 Å². The van der Waals surface area contributed by atoms with E-state index in [9.17, 15) is 23.1 Å². The number of ether oxygens (including phenoxy) is 1. The van der Waals surface area contributed by atoms with Crippen molar-refractivity contribution in [3.8, 4) is 0 Å². The zero-order valence-electron chi connectivity index (χ0n) is 13.5. The number of carbonyl (C=O) groups is 1.